The molecule has 6 rings (SSSR count). The fourth-order valence-corrected chi connectivity index (χ4v) is 6.69. The number of rotatable bonds is 2. The number of anilines is 1. The molecule has 156 valence electrons. The Morgan fingerprint density at radius 1 is 1.10 bits per heavy atom. The molecule has 1 aliphatic carbocycles. The van der Waals surface area contributed by atoms with Crippen LogP contribution in [-0.4, -0.2) is 29.7 Å². The maximum Gasteiger partial charge on any atom is 0.161 e. The van der Waals surface area contributed by atoms with Gasteiger partial charge >= 0.3 is 0 Å². The summed E-state index contributed by atoms with van der Waals surface area (Å²) in [5, 5.41) is 1.32. The van der Waals surface area contributed by atoms with Crippen LogP contribution >= 0.6 is 11.3 Å². The van der Waals surface area contributed by atoms with Crippen LogP contribution in [0.1, 0.15) is 54.1 Å². The van der Waals surface area contributed by atoms with Crippen molar-refractivity contribution in [2.45, 2.75) is 52.0 Å². The van der Waals surface area contributed by atoms with Crippen molar-refractivity contribution in [3.8, 4) is 11.5 Å². The Morgan fingerprint density at radius 3 is 2.87 bits per heavy atom. The highest BCUT2D eigenvalue weighted by Gasteiger charge is 2.32. The summed E-state index contributed by atoms with van der Waals surface area (Å²) >= 11 is 1.89. The lowest BCUT2D eigenvalue weighted by Crippen LogP contribution is -2.25. The summed E-state index contributed by atoms with van der Waals surface area (Å²) < 4.78 is 11.6. The van der Waals surface area contributed by atoms with Gasteiger partial charge in [0.1, 0.15) is 29.7 Å². The molecule has 0 spiro atoms. The maximum atomic E-state index is 5.86. The maximum absolute atomic E-state index is 5.86. The lowest BCUT2D eigenvalue weighted by atomic mass is 9.89. The molecule has 1 aromatic carbocycles. The van der Waals surface area contributed by atoms with E-state index in [-0.39, 0.29) is 0 Å². The number of fused-ring (bicyclic) bond motifs is 4. The zero-order chi connectivity index (χ0) is 20.2. The molecule has 30 heavy (non-hydrogen) atoms. The fourth-order valence-electron chi connectivity index (χ4n) is 5.27. The fraction of sp³-hybridized carbons (Fsp3) is 0.500. The van der Waals surface area contributed by atoms with Crippen molar-refractivity contribution in [1.82, 2.24) is 9.97 Å². The zero-order valence-corrected chi connectivity index (χ0v) is 18.4. The molecule has 3 aromatic rings. The van der Waals surface area contributed by atoms with Crippen LogP contribution in [-0.2, 0) is 12.8 Å². The molecule has 2 aromatic heterocycles. The van der Waals surface area contributed by atoms with E-state index in [2.05, 4.69) is 30.0 Å². The summed E-state index contributed by atoms with van der Waals surface area (Å²) in [4.78, 5) is 15.1. The van der Waals surface area contributed by atoms with E-state index >= 15 is 0 Å². The van der Waals surface area contributed by atoms with Gasteiger partial charge in [0.2, 0.25) is 0 Å². The highest BCUT2D eigenvalue weighted by atomic mass is 32.1. The first-order valence-corrected chi connectivity index (χ1v) is 11.9. The molecule has 5 nitrogen and oxygen atoms in total. The van der Waals surface area contributed by atoms with Crippen molar-refractivity contribution in [1.29, 1.82) is 0 Å². The molecule has 0 saturated carbocycles. The van der Waals surface area contributed by atoms with Gasteiger partial charge in [0.15, 0.2) is 11.5 Å². The number of hydrogen-bond donors (Lipinski definition) is 0. The van der Waals surface area contributed by atoms with Crippen molar-refractivity contribution in [2.24, 2.45) is 5.92 Å². The number of ether oxygens (including phenoxy) is 2. The first kappa shape index (κ1) is 18.4. The lowest BCUT2D eigenvalue weighted by molar-refractivity contribution is 0.171. The third-order valence-electron chi connectivity index (χ3n) is 6.72. The molecule has 4 heterocycles. The predicted octanol–water partition coefficient (Wildman–Crippen LogP) is 5.24. The molecule has 3 aliphatic rings. The zero-order valence-electron chi connectivity index (χ0n) is 17.6. The predicted molar refractivity (Wildman–Crippen MR) is 120 cm³/mol. The van der Waals surface area contributed by atoms with Gasteiger partial charge in [-0.05, 0) is 68.2 Å². The molecule has 0 N–H and O–H groups in total. The number of benzene rings is 1. The second kappa shape index (κ2) is 7.12. The van der Waals surface area contributed by atoms with Crippen LogP contribution in [0.4, 0.5) is 5.82 Å². The van der Waals surface area contributed by atoms with E-state index in [9.17, 15) is 0 Å². The summed E-state index contributed by atoms with van der Waals surface area (Å²) in [6.07, 6.45) is 5.90. The van der Waals surface area contributed by atoms with Gasteiger partial charge in [0, 0.05) is 11.4 Å². The highest BCUT2D eigenvalue weighted by Crippen LogP contribution is 2.45. The van der Waals surface area contributed by atoms with Crippen LogP contribution in [0.3, 0.4) is 0 Å². The normalized spacial score (nSPS) is 23.1. The van der Waals surface area contributed by atoms with Crippen molar-refractivity contribution in [2.75, 3.05) is 24.7 Å². The summed E-state index contributed by atoms with van der Waals surface area (Å²) in [7, 11) is 0. The molecule has 6 heteroatoms. The standard InChI is InChI=1S/C24H27N3O2S/c1-14-5-7-17-21(12-14)30-24-22(17)23(25-15(2)26-24)27-9-3-4-18(27)16-6-8-19-20(13-16)29-11-10-28-19/h6,8,13-14,18H,3-5,7,9-12H2,1-2H3/t14-,18-/m1/s1. The number of aromatic nitrogens is 2. The summed E-state index contributed by atoms with van der Waals surface area (Å²) in [5.74, 6) is 4.51. The van der Waals surface area contributed by atoms with Gasteiger partial charge < -0.3 is 14.4 Å². The lowest BCUT2D eigenvalue weighted by Gasteiger charge is -2.29. The minimum Gasteiger partial charge on any atom is -0.486 e. The smallest absolute Gasteiger partial charge is 0.161 e. The van der Waals surface area contributed by atoms with Crippen LogP contribution in [0.15, 0.2) is 18.2 Å². The Kier molecular flexibility index (Phi) is 4.37. The van der Waals surface area contributed by atoms with E-state index in [1.54, 1.807) is 0 Å². The molecule has 2 aliphatic heterocycles. The number of aryl methyl sites for hydroxylation is 2. The second-order valence-corrected chi connectivity index (χ2v) is 9.96. The first-order chi connectivity index (χ1) is 14.7. The quantitative estimate of drug-likeness (QED) is 0.566. The van der Waals surface area contributed by atoms with Gasteiger partial charge in [-0.25, -0.2) is 9.97 Å². The molecular formula is C24H27N3O2S. The Bertz CT molecular complexity index is 1130. The summed E-state index contributed by atoms with van der Waals surface area (Å²) in [5.41, 5.74) is 2.80. The van der Waals surface area contributed by atoms with Crippen LogP contribution in [0.2, 0.25) is 0 Å². The van der Waals surface area contributed by atoms with Crippen LogP contribution in [0, 0.1) is 12.8 Å². The van der Waals surface area contributed by atoms with Gasteiger partial charge in [-0.3, -0.25) is 0 Å². The number of thiophene rings is 1. The van der Waals surface area contributed by atoms with E-state index < -0.39 is 0 Å². The Morgan fingerprint density at radius 2 is 1.97 bits per heavy atom. The first-order valence-electron chi connectivity index (χ1n) is 11.1. The van der Waals surface area contributed by atoms with Crippen LogP contribution < -0.4 is 14.4 Å². The van der Waals surface area contributed by atoms with E-state index in [1.807, 2.05) is 18.3 Å². The number of nitrogens with zero attached hydrogens (tertiary/aromatic N) is 3. The third-order valence-corrected chi connectivity index (χ3v) is 7.87. The van der Waals surface area contributed by atoms with Gasteiger partial charge in [0.05, 0.1) is 11.4 Å². The third kappa shape index (κ3) is 2.96. The van der Waals surface area contributed by atoms with Crippen molar-refractivity contribution < 1.29 is 9.47 Å². The highest BCUT2D eigenvalue weighted by molar-refractivity contribution is 7.19. The summed E-state index contributed by atoms with van der Waals surface area (Å²) in [6.45, 7) is 6.67. The Balaban J connectivity index is 1.45. The topological polar surface area (TPSA) is 47.5 Å². The second-order valence-electron chi connectivity index (χ2n) is 8.88. The molecule has 0 unspecified atom stereocenters. The minimum atomic E-state index is 0.316. The van der Waals surface area contributed by atoms with E-state index in [4.69, 9.17) is 19.4 Å². The Hall–Kier alpha value is -2.34. The number of hydrogen-bond acceptors (Lipinski definition) is 6. The molecule has 0 bridgehead atoms. The SMILES string of the molecule is Cc1nc(N2CCC[C@@H]2c2ccc3c(c2)OCCO3)c2c3c(sc2n1)C[C@H](C)CC3. The van der Waals surface area contributed by atoms with E-state index in [1.165, 1.54) is 45.5 Å². The van der Waals surface area contributed by atoms with Gasteiger partial charge in [-0.1, -0.05) is 13.0 Å². The molecule has 2 atom stereocenters. The van der Waals surface area contributed by atoms with Crippen LogP contribution in [0.5, 0.6) is 11.5 Å². The molecule has 0 amide bonds. The average Bonchev–Trinajstić information content (AvgIpc) is 3.37. The van der Waals surface area contributed by atoms with Crippen molar-refractivity contribution in [3.05, 3.63) is 40.0 Å². The van der Waals surface area contributed by atoms with Gasteiger partial charge in [-0.2, -0.15) is 0 Å². The largest absolute Gasteiger partial charge is 0.486 e. The Labute approximate surface area is 181 Å². The van der Waals surface area contributed by atoms with Crippen molar-refractivity contribution in [3.63, 3.8) is 0 Å². The minimum absolute atomic E-state index is 0.316. The monoisotopic (exact) mass is 421 g/mol. The molecule has 0 radical (unpaired) electrons. The van der Waals surface area contributed by atoms with Gasteiger partial charge in [-0.15, -0.1) is 11.3 Å². The van der Waals surface area contributed by atoms with Crippen molar-refractivity contribution >= 4 is 27.4 Å². The molecular weight excluding hydrogens is 394 g/mol. The van der Waals surface area contributed by atoms with E-state index in [0.29, 0.717) is 19.3 Å². The van der Waals surface area contributed by atoms with Crippen LogP contribution in [0.25, 0.3) is 10.2 Å². The molecule has 1 saturated heterocycles. The van der Waals surface area contributed by atoms with E-state index in [0.717, 1.165) is 48.4 Å². The molecule has 1 fully saturated rings. The average molecular weight is 422 g/mol. The van der Waals surface area contributed by atoms with Gasteiger partial charge in [0.25, 0.3) is 0 Å². The summed E-state index contributed by atoms with van der Waals surface area (Å²) in [6, 6.07) is 6.76.